The van der Waals surface area contributed by atoms with E-state index in [0.29, 0.717) is 13.0 Å². The molecule has 4 nitrogen and oxygen atoms in total. The van der Waals surface area contributed by atoms with Crippen molar-refractivity contribution in [3.63, 3.8) is 0 Å². The van der Waals surface area contributed by atoms with Gasteiger partial charge in [-0.05, 0) is 43.9 Å². The summed E-state index contributed by atoms with van der Waals surface area (Å²) in [4.78, 5) is 16.1. The first kappa shape index (κ1) is 15.8. The van der Waals surface area contributed by atoms with Gasteiger partial charge in [-0.15, -0.1) is 0 Å². The van der Waals surface area contributed by atoms with Gasteiger partial charge in [0.25, 0.3) is 0 Å². The maximum Gasteiger partial charge on any atom is 0.222 e. The first-order chi connectivity index (χ1) is 9.87. The normalized spacial score (nSPS) is 22.2. The largest absolute Gasteiger partial charge is 0.388 e. The highest BCUT2D eigenvalue weighted by atomic mass is 16.3. The van der Waals surface area contributed by atoms with Gasteiger partial charge in [-0.3, -0.25) is 4.79 Å². The minimum Gasteiger partial charge on any atom is -0.388 e. The molecule has 1 atom stereocenters. The van der Waals surface area contributed by atoms with Gasteiger partial charge < -0.3 is 14.9 Å². The molecule has 1 aromatic rings. The maximum atomic E-state index is 12.2. The second kappa shape index (κ2) is 6.48. The molecule has 1 fully saturated rings. The van der Waals surface area contributed by atoms with Crippen LogP contribution in [0.4, 0.5) is 5.69 Å². The molecule has 0 saturated carbocycles. The molecule has 1 N–H and O–H groups in total. The van der Waals surface area contributed by atoms with E-state index in [1.807, 2.05) is 21.0 Å². The van der Waals surface area contributed by atoms with Gasteiger partial charge in [0.1, 0.15) is 0 Å². The number of hydrogen-bond donors (Lipinski definition) is 1. The van der Waals surface area contributed by atoms with Crippen molar-refractivity contribution in [2.24, 2.45) is 0 Å². The standard InChI is InChI=1S/C17H26N2O2/c1-17(21)11-4-12-19(13-17)16(20)10-7-14-5-8-15(9-6-14)18(2)3/h5-6,8-9,21H,4,7,10-13H2,1-3H3. The zero-order chi connectivity index (χ0) is 15.5. The molecule has 2 rings (SSSR count). The van der Waals surface area contributed by atoms with E-state index in [1.54, 1.807) is 4.90 Å². The third-order valence-electron chi connectivity index (χ3n) is 4.11. The highest BCUT2D eigenvalue weighted by Gasteiger charge is 2.30. The molecule has 0 aromatic heterocycles. The number of nitrogens with zero attached hydrogens (tertiary/aromatic N) is 2. The number of likely N-dealkylation sites (tertiary alicyclic amines) is 1. The van der Waals surface area contributed by atoms with Crippen LogP contribution in [0.15, 0.2) is 24.3 Å². The van der Waals surface area contributed by atoms with E-state index in [-0.39, 0.29) is 5.91 Å². The van der Waals surface area contributed by atoms with Crippen molar-refractivity contribution >= 4 is 11.6 Å². The molecule has 1 aromatic carbocycles. The SMILES string of the molecule is CN(C)c1ccc(CCC(=O)N2CCCC(C)(O)C2)cc1. The van der Waals surface area contributed by atoms with Gasteiger partial charge in [0.15, 0.2) is 0 Å². The number of β-amino-alcohol motifs (C(OH)–C–C–N with tert-alkyl or cyclic N) is 1. The van der Waals surface area contributed by atoms with E-state index >= 15 is 0 Å². The number of amides is 1. The van der Waals surface area contributed by atoms with Crippen molar-refractivity contribution in [2.75, 3.05) is 32.1 Å². The number of piperidine rings is 1. The van der Waals surface area contributed by atoms with Gasteiger partial charge in [-0.1, -0.05) is 12.1 Å². The molecule has 116 valence electrons. The van der Waals surface area contributed by atoms with Crippen LogP contribution < -0.4 is 4.90 Å². The summed E-state index contributed by atoms with van der Waals surface area (Å²) in [5.41, 5.74) is 1.62. The van der Waals surface area contributed by atoms with Crippen LogP contribution in [-0.2, 0) is 11.2 Å². The topological polar surface area (TPSA) is 43.8 Å². The Labute approximate surface area is 127 Å². The fourth-order valence-electron chi connectivity index (χ4n) is 2.80. The Hall–Kier alpha value is -1.55. The molecule has 1 aliphatic rings. The molecule has 0 spiro atoms. The Morgan fingerprint density at radius 3 is 2.57 bits per heavy atom. The summed E-state index contributed by atoms with van der Waals surface area (Å²) in [6.45, 7) is 3.05. The summed E-state index contributed by atoms with van der Waals surface area (Å²) < 4.78 is 0. The van der Waals surface area contributed by atoms with E-state index < -0.39 is 5.60 Å². The molecular weight excluding hydrogens is 264 g/mol. The molecule has 1 heterocycles. The summed E-state index contributed by atoms with van der Waals surface area (Å²) in [5.74, 6) is 0.145. The monoisotopic (exact) mass is 290 g/mol. The number of aryl methyl sites for hydroxylation is 1. The Kier molecular flexibility index (Phi) is 4.88. The Morgan fingerprint density at radius 2 is 2.00 bits per heavy atom. The van der Waals surface area contributed by atoms with Crippen LogP contribution in [0, 0.1) is 0 Å². The average Bonchev–Trinajstić information content (AvgIpc) is 2.44. The van der Waals surface area contributed by atoms with Crippen LogP contribution in [-0.4, -0.2) is 48.7 Å². The lowest BCUT2D eigenvalue weighted by atomic mass is 9.95. The Balaban J connectivity index is 1.86. The highest BCUT2D eigenvalue weighted by molar-refractivity contribution is 5.76. The van der Waals surface area contributed by atoms with E-state index in [4.69, 9.17) is 0 Å². The van der Waals surface area contributed by atoms with E-state index in [0.717, 1.165) is 31.5 Å². The van der Waals surface area contributed by atoms with Gasteiger partial charge in [0.05, 0.1) is 5.60 Å². The maximum absolute atomic E-state index is 12.2. The third-order valence-corrected chi connectivity index (χ3v) is 4.11. The molecule has 1 aliphatic heterocycles. The first-order valence-electron chi connectivity index (χ1n) is 7.64. The van der Waals surface area contributed by atoms with E-state index in [1.165, 1.54) is 5.56 Å². The second-order valence-corrected chi connectivity index (χ2v) is 6.48. The van der Waals surface area contributed by atoms with E-state index in [9.17, 15) is 9.90 Å². The van der Waals surface area contributed by atoms with Gasteiger partial charge in [-0.25, -0.2) is 0 Å². The van der Waals surface area contributed by atoms with Crippen molar-refractivity contribution in [1.29, 1.82) is 0 Å². The summed E-state index contributed by atoms with van der Waals surface area (Å²) in [5, 5.41) is 10.1. The van der Waals surface area contributed by atoms with Crippen molar-refractivity contribution in [3.8, 4) is 0 Å². The molecular formula is C17H26N2O2. The molecule has 0 radical (unpaired) electrons. The van der Waals surface area contributed by atoms with Crippen LogP contribution in [0.25, 0.3) is 0 Å². The van der Waals surface area contributed by atoms with Crippen LogP contribution in [0.1, 0.15) is 31.7 Å². The zero-order valence-corrected chi connectivity index (χ0v) is 13.3. The number of carbonyl (C=O) groups excluding carboxylic acids is 1. The number of benzene rings is 1. The number of aliphatic hydroxyl groups is 1. The van der Waals surface area contributed by atoms with Gasteiger partial charge >= 0.3 is 0 Å². The fourth-order valence-corrected chi connectivity index (χ4v) is 2.80. The number of anilines is 1. The molecule has 1 amide bonds. The molecule has 0 aliphatic carbocycles. The summed E-state index contributed by atoms with van der Waals surface area (Å²) in [7, 11) is 4.03. The predicted molar refractivity (Wildman–Crippen MR) is 85.5 cm³/mol. The van der Waals surface area contributed by atoms with Crippen LogP contribution >= 0.6 is 0 Å². The number of rotatable bonds is 4. The minimum atomic E-state index is -0.721. The number of carbonyl (C=O) groups is 1. The van der Waals surface area contributed by atoms with Crippen LogP contribution in [0.5, 0.6) is 0 Å². The lowest BCUT2D eigenvalue weighted by Gasteiger charge is -2.36. The van der Waals surface area contributed by atoms with Crippen molar-refractivity contribution in [2.45, 2.75) is 38.2 Å². The minimum absolute atomic E-state index is 0.145. The van der Waals surface area contributed by atoms with Crippen molar-refractivity contribution in [3.05, 3.63) is 29.8 Å². The van der Waals surface area contributed by atoms with Crippen molar-refractivity contribution in [1.82, 2.24) is 4.90 Å². The smallest absolute Gasteiger partial charge is 0.222 e. The quantitative estimate of drug-likeness (QED) is 0.923. The summed E-state index contributed by atoms with van der Waals surface area (Å²) in [6.07, 6.45) is 2.93. The van der Waals surface area contributed by atoms with Gasteiger partial charge in [0, 0.05) is 39.3 Å². The lowest BCUT2D eigenvalue weighted by Crippen LogP contribution is -2.48. The van der Waals surface area contributed by atoms with Crippen LogP contribution in [0.3, 0.4) is 0 Å². The first-order valence-corrected chi connectivity index (χ1v) is 7.64. The van der Waals surface area contributed by atoms with Gasteiger partial charge in [-0.2, -0.15) is 0 Å². The summed E-state index contributed by atoms with van der Waals surface area (Å²) >= 11 is 0. The molecule has 21 heavy (non-hydrogen) atoms. The van der Waals surface area contributed by atoms with E-state index in [2.05, 4.69) is 29.2 Å². The highest BCUT2D eigenvalue weighted by Crippen LogP contribution is 2.21. The van der Waals surface area contributed by atoms with Crippen LogP contribution in [0.2, 0.25) is 0 Å². The third kappa shape index (κ3) is 4.46. The lowest BCUT2D eigenvalue weighted by molar-refractivity contribution is -0.137. The summed E-state index contributed by atoms with van der Waals surface area (Å²) in [6, 6.07) is 8.31. The molecule has 1 saturated heterocycles. The fraction of sp³-hybridized carbons (Fsp3) is 0.588. The number of hydrogen-bond acceptors (Lipinski definition) is 3. The van der Waals surface area contributed by atoms with Crippen molar-refractivity contribution < 1.29 is 9.90 Å². The Morgan fingerprint density at radius 1 is 1.33 bits per heavy atom. The molecule has 4 heteroatoms. The average molecular weight is 290 g/mol. The van der Waals surface area contributed by atoms with Gasteiger partial charge in [0.2, 0.25) is 5.91 Å². The second-order valence-electron chi connectivity index (χ2n) is 6.48. The Bertz CT molecular complexity index is 480. The predicted octanol–water partition coefficient (Wildman–Crippen LogP) is 2.06. The molecule has 0 bridgehead atoms. The molecule has 1 unspecified atom stereocenters. The zero-order valence-electron chi connectivity index (χ0n) is 13.3.